The van der Waals surface area contributed by atoms with Crippen LogP contribution in [0.15, 0.2) is 0 Å². The van der Waals surface area contributed by atoms with E-state index in [4.69, 9.17) is 26.6 Å². The second-order valence-electron chi connectivity index (χ2n) is 11.6. The summed E-state index contributed by atoms with van der Waals surface area (Å²) in [5.74, 6) is 0. The molecule has 0 unspecified atom stereocenters. The maximum atomic E-state index is 6.42. The van der Waals surface area contributed by atoms with Gasteiger partial charge in [-0.3, -0.25) is 0 Å². The zero-order chi connectivity index (χ0) is 30.3. The van der Waals surface area contributed by atoms with Crippen molar-refractivity contribution in [2.24, 2.45) is 0 Å². The fourth-order valence-corrected chi connectivity index (χ4v) is 9.95. The molecule has 0 radical (unpaired) electrons. The van der Waals surface area contributed by atoms with Crippen LogP contribution in [-0.2, 0) is 26.6 Å². The zero-order valence-electron chi connectivity index (χ0n) is 28.5. The molecule has 0 aliphatic heterocycles. The van der Waals surface area contributed by atoms with Crippen LogP contribution in [-0.4, -0.2) is 57.3 Å². The first-order chi connectivity index (χ1) is 20.1. The highest BCUT2D eigenvalue weighted by molar-refractivity contribution is 6.61. The predicted molar refractivity (Wildman–Crippen MR) is 179 cm³/mol. The van der Waals surface area contributed by atoms with Crippen molar-refractivity contribution in [1.82, 2.24) is 0 Å². The summed E-state index contributed by atoms with van der Waals surface area (Å²) in [6.45, 7) is 17.8. The Labute approximate surface area is 259 Å². The molecule has 0 spiro atoms. The Hall–Kier alpha value is 0.194. The molecule has 0 amide bonds. The predicted octanol–water partition coefficient (Wildman–Crippen LogP) is 10.5. The van der Waals surface area contributed by atoms with Gasteiger partial charge in [-0.2, -0.15) is 0 Å². The third-order valence-electron chi connectivity index (χ3n) is 7.39. The molecule has 41 heavy (non-hydrogen) atoms. The summed E-state index contributed by atoms with van der Waals surface area (Å²) in [7, 11) is -5.18. The number of unbranched alkanes of at least 4 members (excludes halogenated alkanes) is 12. The van der Waals surface area contributed by atoms with Gasteiger partial charge in [0.15, 0.2) is 0 Å². The van der Waals surface area contributed by atoms with E-state index >= 15 is 0 Å². The molecular formula is C33H72O6Si2. The van der Waals surface area contributed by atoms with Crippen molar-refractivity contribution < 1.29 is 26.6 Å². The first-order valence-electron chi connectivity index (χ1n) is 17.9. The van der Waals surface area contributed by atoms with Crippen LogP contribution in [0.2, 0.25) is 12.1 Å². The van der Waals surface area contributed by atoms with Crippen molar-refractivity contribution >= 4 is 17.6 Å². The fraction of sp³-hybridized carbons (Fsp3) is 1.00. The quantitative estimate of drug-likeness (QED) is 0.0527. The second kappa shape index (κ2) is 30.2. The molecule has 0 heterocycles. The van der Waals surface area contributed by atoms with Gasteiger partial charge in [0.2, 0.25) is 0 Å². The Bertz CT molecular complexity index is 429. The maximum absolute atomic E-state index is 6.42. The minimum atomic E-state index is -2.59. The average Bonchev–Trinajstić information content (AvgIpc) is 2.97. The van der Waals surface area contributed by atoms with Crippen molar-refractivity contribution in [2.75, 3.05) is 39.6 Å². The molecule has 8 heteroatoms. The lowest BCUT2D eigenvalue weighted by Crippen LogP contribution is -2.46. The lowest BCUT2D eigenvalue weighted by atomic mass is 10.1. The largest absolute Gasteiger partial charge is 0.500 e. The van der Waals surface area contributed by atoms with Crippen molar-refractivity contribution in [3.63, 3.8) is 0 Å². The van der Waals surface area contributed by atoms with Gasteiger partial charge in [0.05, 0.1) is 0 Å². The molecule has 0 fully saturated rings. The molecule has 0 bridgehead atoms. The molecule has 6 nitrogen and oxygen atoms in total. The number of rotatable bonds is 34. The third kappa shape index (κ3) is 23.3. The van der Waals surface area contributed by atoms with E-state index in [1.165, 1.54) is 32.1 Å². The van der Waals surface area contributed by atoms with Gasteiger partial charge >= 0.3 is 17.6 Å². The summed E-state index contributed by atoms with van der Waals surface area (Å²) in [5, 5.41) is 0. The van der Waals surface area contributed by atoms with E-state index in [1.807, 2.05) is 0 Å². The van der Waals surface area contributed by atoms with Gasteiger partial charge < -0.3 is 26.6 Å². The summed E-state index contributed by atoms with van der Waals surface area (Å²) >= 11 is 0. The first kappa shape index (κ1) is 41.2. The van der Waals surface area contributed by atoms with Gasteiger partial charge in [-0.1, -0.05) is 112 Å². The minimum Gasteiger partial charge on any atom is -0.373 e. The van der Waals surface area contributed by atoms with Gasteiger partial charge in [-0.15, -0.1) is 0 Å². The Morgan fingerprint density at radius 3 is 0.659 bits per heavy atom. The molecule has 0 saturated heterocycles. The van der Waals surface area contributed by atoms with Crippen LogP contribution < -0.4 is 0 Å². The molecule has 0 atom stereocenters. The Kier molecular flexibility index (Phi) is 30.4. The highest BCUT2D eigenvalue weighted by Gasteiger charge is 2.41. The zero-order valence-corrected chi connectivity index (χ0v) is 30.5. The van der Waals surface area contributed by atoms with Crippen LogP contribution in [0.25, 0.3) is 0 Å². The molecule has 248 valence electrons. The van der Waals surface area contributed by atoms with E-state index < -0.39 is 17.6 Å². The van der Waals surface area contributed by atoms with Gasteiger partial charge in [0.1, 0.15) is 0 Å². The van der Waals surface area contributed by atoms with Crippen molar-refractivity contribution in [3.05, 3.63) is 0 Å². The average molecular weight is 621 g/mol. The SMILES string of the molecule is CCCCO[Si](CCCCCCCCC[Si](OCCCC)(OCCCC)OCCCC)(OCCCC)OCCCC. The molecular weight excluding hydrogens is 549 g/mol. The van der Waals surface area contributed by atoms with Crippen molar-refractivity contribution in [1.29, 1.82) is 0 Å². The number of hydrogen-bond donors (Lipinski definition) is 0. The van der Waals surface area contributed by atoms with Crippen molar-refractivity contribution in [2.45, 2.75) is 176 Å². The van der Waals surface area contributed by atoms with E-state index in [2.05, 4.69) is 41.5 Å². The van der Waals surface area contributed by atoms with Gasteiger partial charge in [0.25, 0.3) is 0 Å². The highest BCUT2D eigenvalue weighted by atomic mass is 28.4. The Morgan fingerprint density at radius 2 is 0.463 bits per heavy atom. The summed E-state index contributed by atoms with van der Waals surface area (Å²) in [5.41, 5.74) is 0. The van der Waals surface area contributed by atoms with Gasteiger partial charge in [-0.25, -0.2) is 0 Å². The van der Waals surface area contributed by atoms with Crippen LogP contribution in [0.5, 0.6) is 0 Å². The summed E-state index contributed by atoms with van der Waals surface area (Å²) < 4.78 is 38.5. The molecule has 0 saturated carbocycles. The lowest BCUT2D eigenvalue weighted by molar-refractivity contribution is 0.0551. The van der Waals surface area contributed by atoms with E-state index in [-0.39, 0.29) is 0 Å². The van der Waals surface area contributed by atoms with Crippen LogP contribution in [0.1, 0.15) is 164 Å². The maximum Gasteiger partial charge on any atom is 0.500 e. The molecule has 0 aromatic heterocycles. The second-order valence-corrected chi connectivity index (χ2v) is 17.0. The van der Waals surface area contributed by atoms with Crippen LogP contribution >= 0.6 is 0 Å². The summed E-state index contributed by atoms with van der Waals surface area (Å²) in [4.78, 5) is 0. The number of hydrogen-bond acceptors (Lipinski definition) is 6. The Balaban J connectivity index is 4.67. The molecule has 0 N–H and O–H groups in total. The van der Waals surface area contributed by atoms with Crippen LogP contribution in [0.3, 0.4) is 0 Å². The van der Waals surface area contributed by atoms with E-state index in [1.54, 1.807) is 0 Å². The third-order valence-corrected chi connectivity index (χ3v) is 13.2. The van der Waals surface area contributed by atoms with E-state index in [0.29, 0.717) is 0 Å². The Morgan fingerprint density at radius 1 is 0.268 bits per heavy atom. The van der Waals surface area contributed by atoms with E-state index in [0.717, 1.165) is 142 Å². The van der Waals surface area contributed by atoms with Crippen molar-refractivity contribution in [3.8, 4) is 0 Å². The molecule has 0 aliphatic carbocycles. The first-order valence-corrected chi connectivity index (χ1v) is 21.8. The fourth-order valence-electron chi connectivity index (χ4n) is 4.48. The van der Waals surface area contributed by atoms with Crippen LogP contribution in [0, 0.1) is 0 Å². The highest BCUT2D eigenvalue weighted by Crippen LogP contribution is 2.24. The molecule has 0 aromatic carbocycles. The molecule has 0 aliphatic rings. The minimum absolute atomic E-state index is 0.762. The van der Waals surface area contributed by atoms with Gasteiger partial charge in [-0.05, 0) is 51.4 Å². The molecule has 0 rings (SSSR count). The normalized spacial score (nSPS) is 12.4. The molecule has 0 aromatic rings. The van der Waals surface area contributed by atoms with Gasteiger partial charge in [0, 0.05) is 51.7 Å². The van der Waals surface area contributed by atoms with E-state index in [9.17, 15) is 0 Å². The van der Waals surface area contributed by atoms with Crippen LogP contribution in [0.4, 0.5) is 0 Å². The summed E-state index contributed by atoms with van der Waals surface area (Å²) in [6.07, 6.45) is 21.8. The lowest BCUT2D eigenvalue weighted by Gasteiger charge is -2.30. The smallest absolute Gasteiger partial charge is 0.373 e. The summed E-state index contributed by atoms with van der Waals surface area (Å²) in [6, 6.07) is 1.91. The monoisotopic (exact) mass is 620 g/mol. The topological polar surface area (TPSA) is 55.4 Å². The standard InChI is InChI=1S/C33H72O6Si2/c1-7-13-26-34-40(35-27-14-8-2,36-28-15-9-3)32-24-22-20-19-21-23-25-33-41(37-29-16-10-4,38-30-17-11-5)39-31-18-12-6/h7-33H2,1-6H3.